The maximum absolute atomic E-state index is 12.9. The molecule has 39 heavy (non-hydrogen) atoms. The van der Waals surface area contributed by atoms with Gasteiger partial charge in [-0.2, -0.15) is 0 Å². The number of halogens is 2. The average Bonchev–Trinajstić information content (AvgIpc) is 3.38. The second-order valence-corrected chi connectivity index (χ2v) is 10.7. The molecule has 0 saturated carbocycles. The number of methoxy groups -OCH3 is 1. The fourth-order valence-electron chi connectivity index (χ4n) is 3.94. The number of ether oxygens (including phenoxy) is 2. The molecular weight excluding hydrogens is 559 g/mol. The molecule has 3 aromatic rings. The predicted molar refractivity (Wildman–Crippen MR) is 158 cm³/mol. The zero-order valence-corrected chi connectivity index (χ0v) is 24.7. The topological polar surface area (TPSA) is 97.8 Å². The zero-order chi connectivity index (χ0) is 28.5. The van der Waals surface area contributed by atoms with Gasteiger partial charge >= 0.3 is 5.97 Å². The van der Waals surface area contributed by atoms with Gasteiger partial charge in [-0.3, -0.25) is 10.1 Å². The molecule has 7 nitrogen and oxygen atoms in total. The fraction of sp³-hybridized carbons (Fsp3) is 0.345. The summed E-state index contributed by atoms with van der Waals surface area (Å²) in [7, 11) is 1.63. The summed E-state index contributed by atoms with van der Waals surface area (Å²) in [5.41, 5.74) is 3.14. The minimum absolute atomic E-state index is 0.0694. The molecule has 2 aromatic carbocycles. The summed E-state index contributed by atoms with van der Waals surface area (Å²) in [6.07, 6.45) is 4.28. The van der Waals surface area contributed by atoms with Crippen molar-refractivity contribution in [2.45, 2.75) is 40.0 Å². The van der Waals surface area contributed by atoms with E-state index in [4.69, 9.17) is 37.8 Å². The lowest BCUT2D eigenvalue weighted by Gasteiger charge is -2.15. The van der Waals surface area contributed by atoms with Gasteiger partial charge in [0.15, 0.2) is 5.13 Å². The maximum atomic E-state index is 12.9. The number of aliphatic carboxylic acids is 1. The molecular formula is C29H32Cl2N2O5S. The van der Waals surface area contributed by atoms with Crippen LogP contribution in [0.2, 0.25) is 10.0 Å². The van der Waals surface area contributed by atoms with Gasteiger partial charge in [0.2, 0.25) is 0 Å². The Kier molecular flexibility index (Phi) is 11.4. The van der Waals surface area contributed by atoms with Crippen LogP contribution in [-0.4, -0.2) is 42.3 Å². The van der Waals surface area contributed by atoms with Gasteiger partial charge in [0, 0.05) is 34.3 Å². The fourth-order valence-corrected chi connectivity index (χ4v) is 5.24. The molecule has 0 bridgehead atoms. The van der Waals surface area contributed by atoms with Gasteiger partial charge in [-0.05, 0) is 49.1 Å². The number of carbonyl (C=O) groups excluding carboxylic acids is 1. The molecule has 0 aliphatic carbocycles. The minimum atomic E-state index is -1.09. The first-order valence-corrected chi connectivity index (χ1v) is 14.2. The summed E-state index contributed by atoms with van der Waals surface area (Å²) in [4.78, 5) is 28.6. The van der Waals surface area contributed by atoms with Gasteiger partial charge in [0.1, 0.15) is 5.75 Å². The van der Waals surface area contributed by atoms with Crippen LogP contribution in [0.1, 0.15) is 55.1 Å². The molecule has 0 unspecified atom stereocenters. The van der Waals surface area contributed by atoms with Crippen molar-refractivity contribution in [3.63, 3.8) is 0 Å². The van der Waals surface area contributed by atoms with Gasteiger partial charge in [0.05, 0.1) is 29.5 Å². The summed E-state index contributed by atoms with van der Waals surface area (Å²) in [5.74, 6) is -0.230. The molecule has 0 atom stereocenters. The highest BCUT2D eigenvalue weighted by atomic mass is 35.5. The molecule has 0 saturated heterocycles. The highest BCUT2D eigenvalue weighted by molar-refractivity contribution is 7.14. The number of benzene rings is 2. The molecule has 0 aliphatic rings. The number of amides is 1. The molecule has 0 radical (unpaired) electrons. The number of hydrogen-bond donors (Lipinski definition) is 2. The number of rotatable bonds is 13. The first-order chi connectivity index (χ1) is 18.7. The number of carboxylic acid groups (broad SMARTS) is 1. The Labute approximate surface area is 242 Å². The van der Waals surface area contributed by atoms with Crippen LogP contribution in [-0.2, 0) is 16.0 Å². The number of thiazole rings is 1. The van der Waals surface area contributed by atoms with Crippen LogP contribution in [0.5, 0.6) is 5.75 Å². The number of hydrogen-bond acceptors (Lipinski definition) is 6. The first kappa shape index (κ1) is 30.6. The van der Waals surface area contributed by atoms with Crippen molar-refractivity contribution in [3.05, 3.63) is 68.0 Å². The van der Waals surface area contributed by atoms with Crippen LogP contribution in [0.25, 0.3) is 17.3 Å². The van der Waals surface area contributed by atoms with Gasteiger partial charge < -0.3 is 14.6 Å². The zero-order valence-electron chi connectivity index (χ0n) is 22.3. The normalized spacial score (nSPS) is 11.6. The predicted octanol–water partition coefficient (Wildman–Crippen LogP) is 7.86. The molecule has 208 valence electrons. The molecule has 10 heteroatoms. The minimum Gasteiger partial charge on any atom is -0.496 e. The van der Waals surface area contributed by atoms with E-state index in [0.717, 1.165) is 36.3 Å². The molecule has 0 spiro atoms. The van der Waals surface area contributed by atoms with Crippen LogP contribution in [0, 0.1) is 5.92 Å². The number of aromatic nitrogens is 1. The van der Waals surface area contributed by atoms with E-state index in [1.165, 1.54) is 36.5 Å². The first-order valence-electron chi connectivity index (χ1n) is 12.6. The lowest BCUT2D eigenvalue weighted by molar-refractivity contribution is -0.132. The Balaban J connectivity index is 1.74. The number of anilines is 1. The Morgan fingerprint density at radius 1 is 1.18 bits per heavy atom. The third-order valence-electron chi connectivity index (χ3n) is 6.36. The molecule has 1 aromatic heterocycles. The summed E-state index contributed by atoms with van der Waals surface area (Å²) in [6.45, 7) is 7.14. The van der Waals surface area contributed by atoms with Crippen molar-refractivity contribution in [3.8, 4) is 17.0 Å². The van der Waals surface area contributed by atoms with E-state index >= 15 is 0 Å². The van der Waals surface area contributed by atoms with Gasteiger partial charge in [-0.25, -0.2) is 9.78 Å². The number of nitrogens with zero attached hydrogens (tertiary/aromatic N) is 1. The average molecular weight is 592 g/mol. The lowest BCUT2D eigenvalue weighted by atomic mass is 10.0. The smallest absolute Gasteiger partial charge is 0.331 e. The Morgan fingerprint density at radius 2 is 1.87 bits per heavy atom. The molecule has 2 N–H and O–H groups in total. The van der Waals surface area contributed by atoms with Crippen LogP contribution >= 0.6 is 34.5 Å². The van der Waals surface area contributed by atoms with E-state index in [1.54, 1.807) is 7.11 Å². The number of nitrogens with one attached hydrogen (secondary N) is 1. The van der Waals surface area contributed by atoms with Gasteiger partial charge in [-0.1, -0.05) is 62.0 Å². The summed E-state index contributed by atoms with van der Waals surface area (Å²) >= 11 is 13.9. The van der Waals surface area contributed by atoms with Gasteiger partial charge in [-0.15, -0.1) is 11.3 Å². The SMILES string of the molecule is CCC(CC)COCCc1cccc(-c2csc(NC(=O)c3cc(Cl)c(C=C(C)C(=O)O)c(Cl)c3)n2)c1OC. The van der Waals surface area contributed by atoms with E-state index in [-0.39, 0.29) is 21.2 Å². The van der Waals surface area contributed by atoms with E-state index < -0.39 is 11.9 Å². The van der Waals surface area contributed by atoms with E-state index in [2.05, 4.69) is 24.1 Å². The van der Waals surface area contributed by atoms with E-state index in [0.29, 0.717) is 35.3 Å². The molecule has 1 amide bonds. The monoisotopic (exact) mass is 590 g/mol. The third-order valence-corrected chi connectivity index (χ3v) is 7.75. The quantitative estimate of drug-likeness (QED) is 0.155. The molecule has 0 fully saturated rings. The van der Waals surface area contributed by atoms with E-state index in [1.807, 2.05) is 23.6 Å². The van der Waals surface area contributed by atoms with Crippen LogP contribution in [0.3, 0.4) is 0 Å². The molecule has 3 rings (SSSR count). The standard InChI is InChI=1S/C29H32Cl2N2O5S/c1-5-18(6-2)15-38-11-10-19-8-7-9-21(26(19)37-4)25-16-39-29(32-25)33-27(34)20-13-23(30)22(24(31)14-20)12-17(3)28(35)36/h7-9,12-14,16,18H,5-6,10-11,15H2,1-4H3,(H,35,36)(H,32,33,34). The number of carbonyl (C=O) groups is 2. The largest absolute Gasteiger partial charge is 0.496 e. The number of carboxylic acids is 1. The Hall–Kier alpha value is -2.91. The van der Waals surface area contributed by atoms with Crippen molar-refractivity contribution in [1.82, 2.24) is 4.98 Å². The van der Waals surface area contributed by atoms with Crippen LogP contribution in [0.15, 0.2) is 41.3 Å². The lowest BCUT2D eigenvalue weighted by Crippen LogP contribution is -2.12. The number of para-hydroxylation sites is 1. The third kappa shape index (κ3) is 8.05. The highest BCUT2D eigenvalue weighted by Gasteiger charge is 2.17. The van der Waals surface area contributed by atoms with Gasteiger partial charge in [0.25, 0.3) is 5.91 Å². The van der Waals surface area contributed by atoms with Crippen molar-refractivity contribution in [2.75, 3.05) is 25.6 Å². The van der Waals surface area contributed by atoms with Crippen molar-refractivity contribution >= 4 is 57.6 Å². The highest BCUT2D eigenvalue weighted by Crippen LogP contribution is 2.35. The van der Waals surface area contributed by atoms with Crippen LogP contribution in [0.4, 0.5) is 5.13 Å². The summed E-state index contributed by atoms with van der Waals surface area (Å²) in [6, 6.07) is 8.78. The maximum Gasteiger partial charge on any atom is 0.331 e. The van der Waals surface area contributed by atoms with E-state index in [9.17, 15) is 9.59 Å². The second kappa shape index (κ2) is 14.5. The Morgan fingerprint density at radius 3 is 2.49 bits per heavy atom. The van der Waals surface area contributed by atoms with Crippen molar-refractivity contribution in [1.29, 1.82) is 0 Å². The molecule has 1 heterocycles. The summed E-state index contributed by atoms with van der Waals surface area (Å²) < 4.78 is 11.6. The summed E-state index contributed by atoms with van der Waals surface area (Å²) in [5, 5.41) is 14.5. The van der Waals surface area contributed by atoms with Crippen LogP contribution < -0.4 is 10.1 Å². The molecule has 0 aliphatic heterocycles. The second-order valence-electron chi connectivity index (χ2n) is 8.98. The Bertz CT molecular complexity index is 1330. The van der Waals surface area contributed by atoms with Crippen molar-refractivity contribution < 1.29 is 24.2 Å². The van der Waals surface area contributed by atoms with Crippen molar-refractivity contribution in [2.24, 2.45) is 5.92 Å².